The molecular weight excluding hydrogens is 434 g/mol. The fraction of sp³-hybridized carbons (Fsp3) is 0.720. The standard InChI is InChI=1S/C25H37N5O2S/c1-17-12-20(32-28-17)13-23(31)26-19-6-4-18(5-7-19)8-10-29-11-9-22-21(14-29)27-24(33-22)30-15-25(2,3)16-30/h12,18-19H,4-11,13-16H2,1-3H3,(H,26,31). The SMILES string of the molecule is Cc1cc(CC(=O)NC2CCC(CCN3CCc4sc(N5CC(C)(C)C5)nc4C3)CC2)on1. The molecule has 7 nitrogen and oxygen atoms in total. The molecule has 2 fully saturated rings. The van der Waals surface area contributed by atoms with Crippen LogP contribution in [0.1, 0.15) is 68.0 Å². The number of nitrogens with one attached hydrogen (secondary N) is 1. The number of thiazole rings is 1. The smallest absolute Gasteiger partial charge is 0.227 e. The molecule has 0 radical (unpaired) electrons. The van der Waals surface area contributed by atoms with Crippen molar-refractivity contribution in [3.63, 3.8) is 0 Å². The van der Waals surface area contributed by atoms with Gasteiger partial charge in [-0.1, -0.05) is 19.0 Å². The third-order valence-corrected chi connectivity index (χ3v) is 8.60. The van der Waals surface area contributed by atoms with Gasteiger partial charge in [0.05, 0.1) is 17.8 Å². The molecule has 0 aromatic carbocycles. The Morgan fingerprint density at radius 2 is 2.06 bits per heavy atom. The largest absolute Gasteiger partial charge is 0.361 e. The molecule has 0 unspecified atom stereocenters. The van der Waals surface area contributed by atoms with Gasteiger partial charge < -0.3 is 14.7 Å². The van der Waals surface area contributed by atoms with Gasteiger partial charge in [-0.2, -0.15) is 0 Å². The van der Waals surface area contributed by atoms with Crippen LogP contribution < -0.4 is 10.2 Å². The number of hydrogen-bond acceptors (Lipinski definition) is 7. The van der Waals surface area contributed by atoms with Crippen molar-refractivity contribution in [2.45, 2.75) is 78.3 Å². The minimum atomic E-state index is 0.0446. The molecule has 5 rings (SSSR count). The molecule has 2 aromatic heterocycles. The van der Waals surface area contributed by atoms with Gasteiger partial charge in [-0.15, -0.1) is 11.3 Å². The lowest BCUT2D eigenvalue weighted by molar-refractivity contribution is -0.121. The Hall–Kier alpha value is -1.93. The summed E-state index contributed by atoms with van der Waals surface area (Å²) in [5, 5.41) is 8.28. The summed E-state index contributed by atoms with van der Waals surface area (Å²) in [6.45, 7) is 12.1. The van der Waals surface area contributed by atoms with Crippen LogP contribution in [-0.4, -0.2) is 53.2 Å². The van der Waals surface area contributed by atoms with Crippen LogP contribution in [-0.2, 0) is 24.2 Å². The van der Waals surface area contributed by atoms with Crippen LogP contribution in [0.25, 0.3) is 0 Å². The Morgan fingerprint density at radius 3 is 2.76 bits per heavy atom. The van der Waals surface area contributed by atoms with Crippen molar-refractivity contribution in [1.29, 1.82) is 0 Å². The highest BCUT2D eigenvalue weighted by atomic mass is 32.1. The van der Waals surface area contributed by atoms with Crippen LogP contribution in [0.4, 0.5) is 5.13 Å². The highest BCUT2D eigenvalue weighted by Gasteiger charge is 2.36. The van der Waals surface area contributed by atoms with E-state index in [-0.39, 0.29) is 12.3 Å². The third kappa shape index (κ3) is 5.60. The van der Waals surface area contributed by atoms with E-state index in [0.717, 1.165) is 63.6 Å². The van der Waals surface area contributed by atoms with Gasteiger partial charge in [0.1, 0.15) is 5.76 Å². The Morgan fingerprint density at radius 1 is 1.27 bits per heavy atom. The molecule has 0 atom stereocenters. The summed E-state index contributed by atoms with van der Waals surface area (Å²) in [6.07, 6.45) is 7.26. The molecule has 1 saturated heterocycles. The summed E-state index contributed by atoms with van der Waals surface area (Å²) >= 11 is 1.92. The Balaban J connectivity index is 1.02. The van der Waals surface area contributed by atoms with Crippen LogP contribution in [0.2, 0.25) is 0 Å². The van der Waals surface area contributed by atoms with Crippen molar-refractivity contribution in [1.82, 2.24) is 20.4 Å². The first-order valence-electron chi connectivity index (χ1n) is 12.5. The number of amides is 1. The van der Waals surface area contributed by atoms with Crippen LogP contribution >= 0.6 is 11.3 Å². The molecule has 0 spiro atoms. The number of aromatic nitrogens is 2. The van der Waals surface area contributed by atoms with E-state index in [1.807, 2.05) is 24.3 Å². The molecule has 33 heavy (non-hydrogen) atoms. The molecule has 1 saturated carbocycles. The minimum Gasteiger partial charge on any atom is -0.361 e. The van der Waals surface area contributed by atoms with Gasteiger partial charge >= 0.3 is 0 Å². The molecule has 180 valence electrons. The monoisotopic (exact) mass is 471 g/mol. The normalized spacial score (nSPS) is 24.9. The fourth-order valence-corrected chi connectivity index (χ4v) is 6.64. The lowest BCUT2D eigenvalue weighted by Crippen LogP contribution is -2.53. The second-order valence-corrected chi connectivity index (χ2v) is 12.2. The van der Waals surface area contributed by atoms with E-state index in [4.69, 9.17) is 9.51 Å². The summed E-state index contributed by atoms with van der Waals surface area (Å²) in [7, 11) is 0. The van der Waals surface area contributed by atoms with E-state index < -0.39 is 0 Å². The van der Waals surface area contributed by atoms with Crippen LogP contribution in [0, 0.1) is 18.3 Å². The second-order valence-electron chi connectivity index (χ2n) is 11.1. The van der Waals surface area contributed by atoms with Crippen molar-refractivity contribution in [2.24, 2.45) is 11.3 Å². The van der Waals surface area contributed by atoms with Gasteiger partial charge in [-0.3, -0.25) is 9.69 Å². The molecular formula is C25H37N5O2S. The average molecular weight is 472 g/mol. The molecule has 1 N–H and O–H groups in total. The number of nitrogens with zero attached hydrogens (tertiary/aromatic N) is 4. The maximum absolute atomic E-state index is 12.3. The number of carbonyl (C=O) groups excluding carboxylic acids is 1. The predicted molar refractivity (Wildman–Crippen MR) is 131 cm³/mol. The van der Waals surface area contributed by atoms with Crippen molar-refractivity contribution in [3.05, 3.63) is 28.1 Å². The van der Waals surface area contributed by atoms with Crippen LogP contribution in [0.15, 0.2) is 10.6 Å². The van der Waals surface area contributed by atoms with Crippen molar-refractivity contribution in [3.8, 4) is 0 Å². The van der Waals surface area contributed by atoms with E-state index in [2.05, 4.69) is 34.1 Å². The molecule has 1 aliphatic carbocycles. The van der Waals surface area contributed by atoms with E-state index in [1.54, 1.807) is 0 Å². The topological polar surface area (TPSA) is 74.5 Å². The highest BCUT2D eigenvalue weighted by Crippen LogP contribution is 2.38. The first-order valence-corrected chi connectivity index (χ1v) is 13.3. The predicted octanol–water partition coefficient (Wildman–Crippen LogP) is 3.95. The fourth-order valence-electron chi connectivity index (χ4n) is 5.58. The van der Waals surface area contributed by atoms with Gasteiger partial charge in [0.15, 0.2) is 5.13 Å². The van der Waals surface area contributed by atoms with E-state index in [0.29, 0.717) is 17.2 Å². The zero-order chi connectivity index (χ0) is 23.0. The molecule has 3 aliphatic rings. The highest BCUT2D eigenvalue weighted by molar-refractivity contribution is 7.15. The summed E-state index contributed by atoms with van der Waals surface area (Å²) in [4.78, 5) is 23.8. The van der Waals surface area contributed by atoms with E-state index in [9.17, 15) is 4.79 Å². The van der Waals surface area contributed by atoms with Crippen molar-refractivity contribution < 1.29 is 9.32 Å². The zero-order valence-corrected chi connectivity index (χ0v) is 21.0. The van der Waals surface area contributed by atoms with E-state index in [1.165, 1.54) is 35.0 Å². The molecule has 2 aliphatic heterocycles. The van der Waals surface area contributed by atoms with Gasteiger partial charge in [-0.05, 0) is 63.3 Å². The second kappa shape index (κ2) is 9.37. The van der Waals surface area contributed by atoms with Gasteiger partial charge in [-0.25, -0.2) is 4.98 Å². The molecule has 8 heteroatoms. The number of hydrogen-bond donors (Lipinski definition) is 1. The quantitative estimate of drug-likeness (QED) is 0.659. The molecule has 2 aromatic rings. The number of fused-ring (bicyclic) bond motifs is 1. The summed E-state index contributed by atoms with van der Waals surface area (Å²) < 4.78 is 5.16. The Kier molecular flexibility index (Phi) is 6.49. The van der Waals surface area contributed by atoms with Gasteiger partial charge in [0, 0.05) is 43.2 Å². The van der Waals surface area contributed by atoms with Crippen molar-refractivity contribution in [2.75, 3.05) is 31.1 Å². The van der Waals surface area contributed by atoms with Gasteiger partial charge in [0.25, 0.3) is 0 Å². The number of carbonyl (C=O) groups is 1. The third-order valence-electron chi connectivity index (χ3n) is 7.38. The van der Waals surface area contributed by atoms with Crippen LogP contribution in [0.5, 0.6) is 0 Å². The zero-order valence-electron chi connectivity index (χ0n) is 20.2. The van der Waals surface area contributed by atoms with Crippen molar-refractivity contribution >= 4 is 22.4 Å². The molecule has 0 bridgehead atoms. The molecule has 4 heterocycles. The first kappa shape index (κ1) is 22.8. The maximum atomic E-state index is 12.3. The Bertz CT molecular complexity index is 967. The number of anilines is 1. The molecule has 1 amide bonds. The average Bonchev–Trinajstić information content (AvgIpc) is 3.36. The van der Waals surface area contributed by atoms with E-state index >= 15 is 0 Å². The number of aryl methyl sites for hydroxylation is 1. The maximum Gasteiger partial charge on any atom is 0.227 e. The summed E-state index contributed by atoms with van der Waals surface area (Å²) in [5.74, 6) is 1.46. The van der Waals surface area contributed by atoms with Gasteiger partial charge in [0.2, 0.25) is 5.91 Å². The summed E-state index contributed by atoms with van der Waals surface area (Å²) in [5.41, 5.74) is 2.58. The van der Waals surface area contributed by atoms with Crippen LogP contribution in [0.3, 0.4) is 0 Å². The minimum absolute atomic E-state index is 0.0446. The lowest BCUT2D eigenvalue weighted by atomic mass is 9.84. The number of rotatable bonds is 7. The Labute approximate surface area is 200 Å². The lowest BCUT2D eigenvalue weighted by Gasteiger charge is -2.45. The first-order chi connectivity index (χ1) is 15.8. The summed E-state index contributed by atoms with van der Waals surface area (Å²) in [6, 6.07) is 2.13.